The lowest BCUT2D eigenvalue weighted by Crippen LogP contribution is -1.97. The van der Waals surface area contributed by atoms with Gasteiger partial charge in [0.05, 0.1) is 7.11 Å². The van der Waals surface area contributed by atoms with Crippen molar-refractivity contribution in [3.63, 3.8) is 0 Å². The first-order valence-electron chi connectivity index (χ1n) is 8.57. The summed E-state index contributed by atoms with van der Waals surface area (Å²) in [5, 5.41) is 0. The average Bonchev–Trinajstić information content (AvgIpc) is 2.53. The molecule has 1 aromatic carbocycles. The summed E-state index contributed by atoms with van der Waals surface area (Å²) in [7, 11) is 1.71. The van der Waals surface area contributed by atoms with E-state index in [1.807, 2.05) is 12.1 Å². The van der Waals surface area contributed by atoms with Gasteiger partial charge in [-0.2, -0.15) is 0 Å². The Morgan fingerprint density at radius 1 is 0.762 bits per heavy atom. The van der Waals surface area contributed by atoms with E-state index in [1.165, 1.54) is 63.4 Å². The van der Waals surface area contributed by atoms with Gasteiger partial charge < -0.3 is 9.47 Å². The van der Waals surface area contributed by atoms with E-state index in [4.69, 9.17) is 9.47 Å². The van der Waals surface area contributed by atoms with Gasteiger partial charge in [-0.05, 0) is 43.4 Å². The van der Waals surface area contributed by atoms with E-state index < -0.39 is 0 Å². The molecule has 0 N–H and O–H groups in total. The molecular formula is C19H32O2. The van der Waals surface area contributed by atoms with Gasteiger partial charge in [0.25, 0.3) is 0 Å². The van der Waals surface area contributed by atoms with E-state index in [1.54, 1.807) is 7.11 Å². The monoisotopic (exact) mass is 292 g/mol. The predicted octanol–water partition coefficient (Wildman–Crippen LogP) is 5.40. The van der Waals surface area contributed by atoms with Gasteiger partial charge in [0, 0.05) is 13.2 Å². The molecule has 0 fully saturated rings. The minimum Gasteiger partial charge on any atom is -0.497 e. The number of hydrogen-bond acceptors (Lipinski definition) is 2. The van der Waals surface area contributed by atoms with Crippen molar-refractivity contribution in [3.05, 3.63) is 29.8 Å². The molecular weight excluding hydrogens is 260 g/mol. The van der Waals surface area contributed by atoms with E-state index in [9.17, 15) is 0 Å². The molecule has 0 aliphatic carbocycles. The van der Waals surface area contributed by atoms with Crippen LogP contribution < -0.4 is 4.74 Å². The Balaban J connectivity index is 1.88. The molecule has 0 radical (unpaired) electrons. The first-order chi connectivity index (χ1) is 10.4. The highest BCUT2D eigenvalue weighted by molar-refractivity contribution is 5.27. The summed E-state index contributed by atoms with van der Waals surface area (Å²) < 4.78 is 10.8. The Labute approximate surface area is 130 Å². The smallest absolute Gasteiger partial charge is 0.118 e. The Kier molecular flexibility index (Phi) is 10.9. The van der Waals surface area contributed by atoms with Crippen molar-refractivity contribution in [3.8, 4) is 5.75 Å². The third kappa shape index (κ3) is 9.52. The van der Waals surface area contributed by atoms with Gasteiger partial charge in [-0.15, -0.1) is 0 Å². The molecule has 0 amide bonds. The average molecular weight is 292 g/mol. The second kappa shape index (κ2) is 12.7. The van der Waals surface area contributed by atoms with Crippen LogP contribution in [0.25, 0.3) is 0 Å². The number of rotatable bonds is 13. The number of benzene rings is 1. The molecule has 21 heavy (non-hydrogen) atoms. The maximum absolute atomic E-state index is 5.66. The van der Waals surface area contributed by atoms with Crippen LogP contribution in [0.1, 0.15) is 63.9 Å². The van der Waals surface area contributed by atoms with Crippen LogP contribution in [0.15, 0.2) is 24.3 Å². The molecule has 120 valence electrons. The molecule has 0 aliphatic heterocycles. The second-order valence-electron chi connectivity index (χ2n) is 5.69. The molecule has 0 aliphatic rings. The van der Waals surface area contributed by atoms with E-state index in [-0.39, 0.29) is 0 Å². The molecule has 0 saturated carbocycles. The molecule has 0 unspecified atom stereocenters. The van der Waals surface area contributed by atoms with Crippen molar-refractivity contribution in [2.45, 2.75) is 64.7 Å². The zero-order valence-corrected chi connectivity index (χ0v) is 13.9. The van der Waals surface area contributed by atoms with Gasteiger partial charge in [-0.1, -0.05) is 51.2 Å². The Bertz CT molecular complexity index is 332. The van der Waals surface area contributed by atoms with E-state index >= 15 is 0 Å². The molecule has 1 rings (SSSR count). The van der Waals surface area contributed by atoms with Crippen molar-refractivity contribution in [2.24, 2.45) is 0 Å². The summed E-state index contributed by atoms with van der Waals surface area (Å²) in [4.78, 5) is 0. The van der Waals surface area contributed by atoms with E-state index in [2.05, 4.69) is 19.1 Å². The maximum atomic E-state index is 5.66. The number of hydrogen-bond donors (Lipinski definition) is 0. The highest BCUT2D eigenvalue weighted by Gasteiger charge is 1.96. The lowest BCUT2D eigenvalue weighted by Gasteiger charge is -2.05. The standard InChI is InChI=1S/C19H32O2/c1-3-4-5-9-16-21-17-10-7-6-8-11-18-12-14-19(20-2)15-13-18/h12-15H,3-11,16-17H2,1-2H3. The molecule has 2 heteroatoms. The number of methoxy groups -OCH3 is 1. The zero-order valence-electron chi connectivity index (χ0n) is 13.9. The van der Waals surface area contributed by atoms with Crippen LogP contribution in [-0.2, 0) is 11.2 Å². The van der Waals surface area contributed by atoms with Gasteiger partial charge in [0.1, 0.15) is 5.75 Å². The highest BCUT2D eigenvalue weighted by Crippen LogP contribution is 2.14. The first-order valence-corrected chi connectivity index (χ1v) is 8.57. The third-order valence-corrected chi connectivity index (χ3v) is 3.81. The molecule has 2 nitrogen and oxygen atoms in total. The van der Waals surface area contributed by atoms with Crippen molar-refractivity contribution in [2.75, 3.05) is 20.3 Å². The lowest BCUT2D eigenvalue weighted by atomic mass is 10.1. The van der Waals surface area contributed by atoms with Gasteiger partial charge >= 0.3 is 0 Å². The summed E-state index contributed by atoms with van der Waals surface area (Å²) in [6.07, 6.45) is 11.4. The van der Waals surface area contributed by atoms with Gasteiger partial charge in [0.2, 0.25) is 0 Å². The SMILES string of the molecule is CCCCCCOCCCCCCc1ccc(OC)cc1. The molecule has 0 heterocycles. The third-order valence-electron chi connectivity index (χ3n) is 3.81. The molecule has 0 aromatic heterocycles. The fourth-order valence-electron chi connectivity index (χ4n) is 2.41. The van der Waals surface area contributed by atoms with Gasteiger partial charge in [-0.25, -0.2) is 0 Å². The van der Waals surface area contributed by atoms with E-state index in [0.29, 0.717) is 0 Å². The summed E-state index contributed by atoms with van der Waals surface area (Å²) >= 11 is 0. The summed E-state index contributed by atoms with van der Waals surface area (Å²) in [6, 6.07) is 8.42. The fraction of sp³-hybridized carbons (Fsp3) is 0.684. The fourth-order valence-corrected chi connectivity index (χ4v) is 2.41. The molecule has 0 atom stereocenters. The van der Waals surface area contributed by atoms with Gasteiger partial charge in [0.15, 0.2) is 0 Å². The Morgan fingerprint density at radius 2 is 1.38 bits per heavy atom. The molecule has 0 bridgehead atoms. The van der Waals surface area contributed by atoms with Crippen LogP contribution in [-0.4, -0.2) is 20.3 Å². The van der Waals surface area contributed by atoms with Crippen molar-refractivity contribution in [1.29, 1.82) is 0 Å². The predicted molar refractivity (Wildman–Crippen MR) is 90.1 cm³/mol. The van der Waals surface area contributed by atoms with Crippen LogP contribution in [0.4, 0.5) is 0 Å². The van der Waals surface area contributed by atoms with Crippen molar-refractivity contribution < 1.29 is 9.47 Å². The van der Waals surface area contributed by atoms with Crippen molar-refractivity contribution in [1.82, 2.24) is 0 Å². The van der Waals surface area contributed by atoms with Crippen LogP contribution >= 0.6 is 0 Å². The Morgan fingerprint density at radius 3 is 2.00 bits per heavy atom. The topological polar surface area (TPSA) is 18.5 Å². The molecule has 0 saturated heterocycles. The maximum Gasteiger partial charge on any atom is 0.118 e. The number of aryl methyl sites for hydroxylation is 1. The number of unbranched alkanes of at least 4 members (excludes halogenated alkanes) is 6. The summed E-state index contributed by atoms with van der Waals surface area (Å²) in [5.41, 5.74) is 1.41. The van der Waals surface area contributed by atoms with E-state index in [0.717, 1.165) is 19.0 Å². The lowest BCUT2D eigenvalue weighted by molar-refractivity contribution is 0.126. The highest BCUT2D eigenvalue weighted by atomic mass is 16.5. The van der Waals surface area contributed by atoms with Crippen molar-refractivity contribution >= 4 is 0 Å². The summed E-state index contributed by atoms with van der Waals surface area (Å²) in [5.74, 6) is 0.940. The number of ether oxygens (including phenoxy) is 2. The van der Waals surface area contributed by atoms with Crippen LogP contribution in [0.3, 0.4) is 0 Å². The first kappa shape index (κ1) is 18.0. The van der Waals surface area contributed by atoms with Crippen LogP contribution in [0.5, 0.6) is 5.75 Å². The minimum atomic E-state index is 0.939. The molecule has 0 spiro atoms. The van der Waals surface area contributed by atoms with Gasteiger partial charge in [-0.3, -0.25) is 0 Å². The van der Waals surface area contributed by atoms with Crippen LogP contribution in [0, 0.1) is 0 Å². The minimum absolute atomic E-state index is 0.939. The Hall–Kier alpha value is -1.02. The summed E-state index contributed by atoms with van der Waals surface area (Å²) in [6.45, 7) is 4.13. The van der Waals surface area contributed by atoms with Crippen LogP contribution in [0.2, 0.25) is 0 Å². The largest absolute Gasteiger partial charge is 0.497 e. The molecule has 1 aromatic rings. The zero-order chi connectivity index (χ0) is 15.2. The second-order valence-corrected chi connectivity index (χ2v) is 5.69. The normalized spacial score (nSPS) is 10.8. The quantitative estimate of drug-likeness (QED) is 0.453.